The predicted molar refractivity (Wildman–Crippen MR) is 147 cm³/mol. The Morgan fingerprint density at radius 3 is 2.14 bits per heavy atom. The van der Waals surface area contributed by atoms with Gasteiger partial charge in [-0.3, -0.25) is 13.9 Å². The van der Waals surface area contributed by atoms with Gasteiger partial charge in [-0.05, 0) is 75.8 Å². The summed E-state index contributed by atoms with van der Waals surface area (Å²) in [6, 6.07) is 14.9. The van der Waals surface area contributed by atoms with Crippen LogP contribution in [-0.4, -0.2) is 56.6 Å². The van der Waals surface area contributed by atoms with Crippen LogP contribution in [0.5, 0.6) is 0 Å². The highest BCUT2D eigenvalue weighted by Crippen LogP contribution is 2.22. The molecular weight excluding hydrogens is 474 g/mol. The van der Waals surface area contributed by atoms with Gasteiger partial charge < -0.3 is 10.2 Å². The summed E-state index contributed by atoms with van der Waals surface area (Å²) in [6.45, 7) is 10.1. The van der Waals surface area contributed by atoms with Gasteiger partial charge in [-0.25, -0.2) is 8.42 Å². The van der Waals surface area contributed by atoms with Crippen molar-refractivity contribution in [2.24, 2.45) is 0 Å². The van der Waals surface area contributed by atoms with Crippen LogP contribution in [-0.2, 0) is 26.0 Å². The Morgan fingerprint density at radius 1 is 0.972 bits per heavy atom. The molecule has 0 spiro atoms. The van der Waals surface area contributed by atoms with Gasteiger partial charge in [0.15, 0.2) is 0 Å². The number of amides is 2. The maximum atomic E-state index is 13.3. The summed E-state index contributed by atoms with van der Waals surface area (Å²) in [7, 11) is -3.52. The van der Waals surface area contributed by atoms with Crippen molar-refractivity contribution in [2.75, 3.05) is 23.7 Å². The average molecular weight is 516 g/mol. The summed E-state index contributed by atoms with van der Waals surface area (Å²) in [6.07, 6.45) is 3.11. The molecule has 0 aromatic heterocycles. The fraction of sp³-hybridized carbons (Fsp3) is 0.500. The number of anilines is 1. The van der Waals surface area contributed by atoms with Gasteiger partial charge in [-0.2, -0.15) is 0 Å². The Bertz CT molecular complexity index is 1100. The van der Waals surface area contributed by atoms with Crippen molar-refractivity contribution in [3.05, 3.63) is 65.2 Å². The molecule has 0 saturated carbocycles. The summed E-state index contributed by atoms with van der Waals surface area (Å²) in [5, 5.41) is 2.97. The quantitative estimate of drug-likeness (QED) is 0.433. The van der Waals surface area contributed by atoms with Crippen LogP contribution in [0.3, 0.4) is 0 Å². The molecule has 2 aromatic carbocycles. The van der Waals surface area contributed by atoms with E-state index in [2.05, 4.69) is 5.32 Å². The molecule has 0 fully saturated rings. The number of nitrogens with zero attached hydrogens (tertiary/aromatic N) is 2. The molecule has 0 bridgehead atoms. The first-order valence-corrected chi connectivity index (χ1v) is 14.5. The molecule has 0 unspecified atom stereocenters. The van der Waals surface area contributed by atoms with E-state index in [1.54, 1.807) is 11.8 Å². The number of carbonyl (C=O) groups excluding carboxylic acids is 2. The van der Waals surface area contributed by atoms with Crippen molar-refractivity contribution in [3.8, 4) is 0 Å². The summed E-state index contributed by atoms with van der Waals surface area (Å²) < 4.78 is 26.4. The van der Waals surface area contributed by atoms with E-state index in [0.717, 1.165) is 23.1 Å². The molecule has 0 radical (unpaired) electrons. The number of nitrogens with one attached hydrogen (secondary N) is 1. The molecule has 2 atom stereocenters. The first-order chi connectivity index (χ1) is 16.9. The third-order valence-corrected chi connectivity index (χ3v) is 7.49. The number of aryl methyl sites for hydroxylation is 2. The lowest BCUT2D eigenvalue weighted by Crippen LogP contribution is -2.50. The van der Waals surface area contributed by atoms with Gasteiger partial charge in [-0.15, -0.1) is 0 Å². The third kappa shape index (κ3) is 8.97. The zero-order valence-electron chi connectivity index (χ0n) is 22.5. The second-order valence-corrected chi connectivity index (χ2v) is 11.5. The first kappa shape index (κ1) is 29.4. The van der Waals surface area contributed by atoms with Crippen LogP contribution in [0.2, 0.25) is 0 Å². The second-order valence-electron chi connectivity index (χ2n) is 9.60. The second kappa shape index (κ2) is 13.4. The van der Waals surface area contributed by atoms with Crippen molar-refractivity contribution in [3.63, 3.8) is 0 Å². The molecule has 0 aliphatic rings. The predicted octanol–water partition coefficient (Wildman–Crippen LogP) is 4.22. The molecule has 1 N–H and O–H groups in total. The summed E-state index contributed by atoms with van der Waals surface area (Å²) in [4.78, 5) is 27.8. The van der Waals surface area contributed by atoms with Crippen LogP contribution in [0, 0.1) is 13.8 Å². The van der Waals surface area contributed by atoms with Crippen LogP contribution in [0.1, 0.15) is 56.7 Å². The Hall–Kier alpha value is -2.87. The van der Waals surface area contributed by atoms with Crippen molar-refractivity contribution in [2.45, 2.75) is 72.4 Å². The molecule has 0 aliphatic carbocycles. The van der Waals surface area contributed by atoms with E-state index in [9.17, 15) is 18.0 Å². The maximum absolute atomic E-state index is 13.3. The third-order valence-electron chi connectivity index (χ3n) is 6.30. The molecule has 2 aromatic rings. The molecule has 36 heavy (non-hydrogen) atoms. The zero-order valence-corrected chi connectivity index (χ0v) is 23.3. The monoisotopic (exact) mass is 515 g/mol. The smallest absolute Gasteiger partial charge is 0.242 e. The van der Waals surface area contributed by atoms with Crippen molar-refractivity contribution in [1.82, 2.24) is 10.2 Å². The molecule has 2 rings (SSSR count). The molecule has 198 valence electrons. The van der Waals surface area contributed by atoms with Crippen LogP contribution >= 0.6 is 0 Å². The minimum absolute atomic E-state index is 0.0205. The fourth-order valence-corrected chi connectivity index (χ4v) is 5.08. The van der Waals surface area contributed by atoms with Gasteiger partial charge in [-0.1, -0.05) is 43.3 Å². The minimum atomic E-state index is -3.52. The Kier molecular flexibility index (Phi) is 11.0. The summed E-state index contributed by atoms with van der Waals surface area (Å²) in [5.41, 5.74) is 3.64. The number of hydrogen-bond acceptors (Lipinski definition) is 4. The number of carbonyl (C=O) groups is 2. The van der Waals surface area contributed by atoms with Gasteiger partial charge >= 0.3 is 0 Å². The Labute approximate surface area is 216 Å². The van der Waals surface area contributed by atoms with Gasteiger partial charge in [0.25, 0.3) is 0 Å². The van der Waals surface area contributed by atoms with E-state index in [1.165, 1.54) is 10.6 Å². The SMILES string of the molecule is CC[C@H](C)NC(=O)[C@H](C)N(CCc1ccccc1)C(=O)CCCN(c1cc(C)cc(C)c1)S(C)(=O)=O. The van der Waals surface area contributed by atoms with E-state index >= 15 is 0 Å². The molecule has 0 aliphatic heterocycles. The standard InChI is InChI=1S/C28H41N3O4S/c1-7-23(4)29-28(33)24(5)30(17-15-25-12-9-8-10-13-25)27(32)14-11-16-31(36(6,34)35)26-19-21(2)18-22(3)20-26/h8-10,12-13,18-20,23-24H,7,11,14-17H2,1-6H3,(H,29,33)/t23-,24-/m0/s1. The minimum Gasteiger partial charge on any atom is -0.352 e. The summed E-state index contributed by atoms with van der Waals surface area (Å²) >= 11 is 0. The topological polar surface area (TPSA) is 86.8 Å². The molecule has 7 nitrogen and oxygen atoms in total. The Balaban J connectivity index is 2.14. The van der Waals surface area contributed by atoms with Crippen molar-refractivity contribution >= 4 is 27.5 Å². The molecule has 0 heterocycles. The van der Waals surface area contributed by atoms with Crippen LogP contribution < -0.4 is 9.62 Å². The lowest BCUT2D eigenvalue weighted by molar-refractivity contribution is -0.140. The van der Waals surface area contributed by atoms with Gasteiger partial charge in [0, 0.05) is 25.6 Å². The van der Waals surface area contributed by atoms with Gasteiger partial charge in [0.1, 0.15) is 6.04 Å². The van der Waals surface area contributed by atoms with Crippen LogP contribution in [0.15, 0.2) is 48.5 Å². The van der Waals surface area contributed by atoms with Crippen molar-refractivity contribution in [1.29, 1.82) is 0 Å². The highest BCUT2D eigenvalue weighted by molar-refractivity contribution is 7.92. The molecular formula is C28H41N3O4S. The largest absolute Gasteiger partial charge is 0.352 e. The van der Waals surface area contributed by atoms with Crippen LogP contribution in [0.25, 0.3) is 0 Å². The van der Waals surface area contributed by atoms with Gasteiger partial charge in [0.2, 0.25) is 21.8 Å². The lowest BCUT2D eigenvalue weighted by atomic mass is 10.1. The van der Waals surface area contributed by atoms with Gasteiger partial charge in [0.05, 0.1) is 11.9 Å². The normalized spacial score (nSPS) is 13.1. The zero-order chi connectivity index (χ0) is 26.9. The highest BCUT2D eigenvalue weighted by atomic mass is 32.2. The van der Waals surface area contributed by atoms with E-state index in [0.29, 0.717) is 25.1 Å². The first-order valence-electron chi connectivity index (χ1n) is 12.6. The van der Waals surface area contributed by atoms with E-state index < -0.39 is 16.1 Å². The fourth-order valence-electron chi connectivity index (χ4n) is 4.13. The number of hydrogen-bond donors (Lipinski definition) is 1. The number of sulfonamides is 1. The Morgan fingerprint density at radius 2 is 1.58 bits per heavy atom. The van der Waals surface area contributed by atoms with Crippen molar-refractivity contribution < 1.29 is 18.0 Å². The van der Waals surface area contributed by atoms with E-state index in [4.69, 9.17) is 0 Å². The molecule has 0 saturated heterocycles. The molecule has 2 amide bonds. The van der Waals surface area contributed by atoms with Crippen LogP contribution in [0.4, 0.5) is 5.69 Å². The molecule has 8 heteroatoms. The van der Waals surface area contributed by atoms with E-state index in [-0.39, 0.29) is 30.8 Å². The number of rotatable bonds is 13. The number of benzene rings is 2. The lowest BCUT2D eigenvalue weighted by Gasteiger charge is -2.30. The summed E-state index contributed by atoms with van der Waals surface area (Å²) in [5.74, 6) is -0.342. The maximum Gasteiger partial charge on any atom is 0.242 e. The van der Waals surface area contributed by atoms with E-state index in [1.807, 2.05) is 76.2 Å². The highest BCUT2D eigenvalue weighted by Gasteiger charge is 2.27. The average Bonchev–Trinajstić information content (AvgIpc) is 2.80.